The highest BCUT2D eigenvalue weighted by molar-refractivity contribution is 5.82. The summed E-state index contributed by atoms with van der Waals surface area (Å²) in [6.45, 7) is 0.927. The fraction of sp³-hybridized carbons (Fsp3) is 0.429. The molecule has 6 heteroatoms. The van der Waals surface area contributed by atoms with Crippen LogP contribution in [0.1, 0.15) is 18.4 Å². The number of fused-ring (bicyclic) bond motifs is 1. The summed E-state index contributed by atoms with van der Waals surface area (Å²) in [5, 5.41) is 5.65. The number of urea groups is 1. The van der Waals surface area contributed by atoms with Crippen molar-refractivity contribution in [3.05, 3.63) is 35.6 Å². The van der Waals surface area contributed by atoms with Gasteiger partial charge in [-0.1, -0.05) is 12.1 Å². The third kappa shape index (κ3) is 2.45. The maximum atomic E-state index is 13.0. The van der Waals surface area contributed by atoms with Crippen molar-refractivity contribution < 1.29 is 14.0 Å². The van der Waals surface area contributed by atoms with E-state index in [9.17, 15) is 14.0 Å². The highest BCUT2D eigenvalue weighted by atomic mass is 19.1. The molecule has 0 bridgehead atoms. The average Bonchev–Trinajstić information content (AvgIpc) is 2.95. The first-order valence-electron chi connectivity index (χ1n) is 6.72. The SMILES string of the molecule is O=C1C[C@H]2[C@@H](CCN2C(=O)NCc2cccc(F)c2)N1. The summed E-state index contributed by atoms with van der Waals surface area (Å²) in [6.07, 6.45) is 1.17. The fourth-order valence-corrected chi connectivity index (χ4v) is 2.91. The quantitative estimate of drug-likeness (QED) is 0.847. The van der Waals surface area contributed by atoms with Gasteiger partial charge < -0.3 is 15.5 Å². The predicted octanol–water partition coefficient (Wildman–Crippen LogP) is 0.998. The maximum Gasteiger partial charge on any atom is 0.318 e. The van der Waals surface area contributed by atoms with Gasteiger partial charge >= 0.3 is 6.03 Å². The molecule has 0 aromatic heterocycles. The molecule has 0 spiro atoms. The molecule has 0 aliphatic carbocycles. The monoisotopic (exact) mass is 277 g/mol. The summed E-state index contributed by atoms with van der Waals surface area (Å²) >= 11 is 0. The lowest BCUT2D eigenvalue weighted by atomic mass is 10.1. The van der Waals surface area contributed by atoms with Gasteiger partial charge in [0.25, 0.3) is 0 Å². The van der Waals surface area contributed by atoms with Gasteiger partial charge in [0.2, 0.25) is 5.91 Å². The zero-order valence-corrected chi connectivity index (χ0v) is 10.9. The number of nitrogens with one attached hydrogen (secondary N) is 2. The molecule has 0 saturated carbocycles. The van der Waals surface area contributed by atoms with Crippen molar-refractivity contribution >= 4 is 11.9 Å². The molecule has 2 atom stereocenters. The molecule has 2 heterocycles. The normalized spacial score (nSPS) is 24.4. The Hall–Kier alpha value is -2.11. The molecule has 0 unspecified atom stereocenters. The number of carbonyl (C=O) groups is 2. The van der Waals surface area contributed by atoms with Crippen LogP contribution in [0.2, 0.25) is 0 Å². The van der Waals surface area contributed by atoms with Crippen LogP contribution in [0.25, 0.3) is 0 Å². The van der Waals surface area contributed by atoms with Crippen LogP contribution >= 0.6 is 0 Å². The number of carbonyl (C=O) groups excluding carboxylic acids is 2. The molecule has 2 aliphatic rings. The molecule has 2 N–H and O–H groups in total. The molecular formula is C14H16FN3O2. The summed E-state index contributed by atoms with van der Waals surface area (Å²) in [6, 6.07) is 5.98. The third-order valence-electron chi connectivity index (χ3n) is 3.88. The zero-order valence-electron chi connectivity index (χ0n) is 10.9. The Morgan fingerprint density at radius 1 is 1.50 bits per heavy atom. The summed E-state index contributed by atoms with van der Waals surface area (Å²) in [5.41, 5.74) is 0.717. The van der Waals surface area contributed by atoms with Gasteiger partial charge in [0.15, 0.2) is 0 Å². The first-order chi connectivity index (χ1) is 9.63. The number of likely N-dealkylation sites (tertiary alicyclic amines) is 1. The van der Waals surface area contributed by atoms with Crippen LogP contribution in [0.15, 0.2) is 24.3 Å². The van der Waals surface area contributed by atoms with E-state index in [1.165, 1.54) is 12.1 Å². The van der Waals surface area contributed by atoms with Crippen LogP contribution in [0.5, 0.6) is 0 Å². The highest BCUT2D eigenvalue weighted by Crippen LogP contribution is 2.25. The van der Waals surface area contributed by atoms with E-state index in [2.05, 4.69) is 10.6 Å². The summed E-state index contributed by atoms with van der Waals surface area (Å²) in [7, 11) is 0. The number of amides is 3. The molecule has 2 fully saturated rings. The highest BCUT2D eigenvalue weighted by Gasteiger charge is 2.43. The molecule has 5 nitrogen and oxygen atoms in total. The Balaban J connectivity index is 1.58. The van der Waals surface area contributed by atoms with Crippen molar-refractivity contribution in [3.63, 3.8) is 0 Å². The summed E-state index contributed by atoms with van der Waals surface area (Å²) in [4.78, 5) is 25.2. The van der Waals surface area contributed by atoms with Crippen LogP contribution in [0.4, 0.5) is 9.18 Å². The topological polar surface area (TPSA) is 61.4 Å². The molecule has 106 valence electrons. The Kier molecular flexibility index (Phi) is 3.30. The second-order valence-corrected chi connectivity index (χ2v) is 5.22. The smallest absolute Gasteiger partial charge is 0.318 e. The van der Waals surface area contributed by atoms with E-state index >= 15 is 0 Å². The number of hydrogen-bond donors (Lipinski definition) is 2. The molecule has 2 saturated heterocycles. The third-order valence-corrected chi connectivity index (χ3v) is 3.88. The molecule has 1 aromatic carbocycles. The molecule has 0 radical (unpaired) electrons. The Morgan fingerprint density at radius 3 is 3.15 bits per heavy atom. The van der Waals surface area contributed by atoms with Gasteiger partial charge in [0, 0.05) is 19.5 Å². The van der Waals surface area contributed by atoms with Crippen LogP contribution < -0.4 is 10.6 Å². The Labute approximate surface area is 116 Å². The van der Waals surface area contributed by atoms with Gasteiger partial charge in [-0.2, -0.15) is 0 Å². The predicted molar refractivity (Wildman–Crippen MR) is 70.3 cm³/mol. The van der Waals surface area contributed by atoms with Gasteiger partial charge in [-0.05, 0) is 24.1 Å². The van der Waals surface area contributed by atoms with E-state index in [4.69, 9.17) is 0 Å². The van der Waals surface area contributed by atoms with Crippen molar-refractivity contribution in [2.24, 2.45) is 0 Å². The number of hydrogen-bond acceptors (Lipinski definition) is 2. The average molecular weight is 277 g/mol. The van der Waals surface area contributed by atoms with E-state index in [0.29, 0.717) is 13.0 Å². The lowest BCUT2D eigenvalue weighted by Crippen LogP contribution is -2.44. The molecule has 2 aliphatic heterocycles. The standard InChI is InChI=1S/C14H16FN3O2/c15-10-3-1-2-9(6-10)8-16-14(20)18-5-4-11-12(18)7-13(19)17-11/h1-3,6,11-12H,4-5,7-8H2,(H,16,20)(H,17,19)/t11-,12+/m1/s1. The molecule has 1 aromatic rings. The summed E-state index contributed by atoms with van der Waals surface area (Å²) in [5.74, 6) is -0.314. The molecule has 3 rings (SSSR count). The van der Waals surface area contributed by atoms with Crippen LogP contribution in [-0.4, -0.2) is 35.5 Å². The van der Waals surface area contributed by atoms with E-state index in [-0.39, 0.29) is 36.4 Å². The molecular weight excluding hydrogens is 261 g/mol. The molecule has 3 amide bonds. The van der Waals surface area contributed by atoms with Crippen molar-refractivity contribution in [2.75, 3.05) is 6.54 Å². The minimum atomic E-state index is -0.316. The van der Waals surface area contributed by atoms with Gasteiger partial charge in [0.1, 0.15) is 5.82 Å². The largest absolute Gasteiger partial charge is 0.351 e. The number of rotatable bonds is 2. The van der Waals surface area contributed by atoms with Gasteiger partial charge in [0.05, 0.1) is 12.1 Å². The van der Waals surface area contributed by atoms with Gasteiger partial charge in [-0.15, -0.1) is 0 Å². The second-order valence-electron chi connectivity index (χ2n) is 5.22. The van der Waals surface area contributed by atoms with Gasteiger partial charge in [-0.25, -0.2) is 9.18 Å². The van der Waals surface area contributed by atoms with E-state index in [1.807, 2.05) is 0 Å². The first kappa shape index (κ1) is 12.9. The van der Waals surface area contributed by atoms with Crippen molar-refractivity contribution in [1.82, 2.24) is 15.5 Å². The minimum absolute atomic E-state index is 0.00244. The van der Waals surface area contributed by atoms with Crippen LogP contribution in [-0.2, 0) is 11.3 Å². The van der Waals surface area contributed by atoms with E-state index in [1.54, 1.807) is 17.0 Å². The van der Waals surface area contributed by atoms with Crippen LogP contribution in [0.3, 0.4) is 0 Å². The van der Waals surface area contributed by atoms with Crippen LogP contribution in [0, 0.1) is 5.82 Å². The lowest BCUT2D eigenvalue weighted by molar-refractivity contribution is -0.119. The van der Waals surface area contributed by atoms with E-state index < -0.39 is 0 Å². The summed E-state index contributed by atoms with van der Waals surface area (Å²) < 4.78 is 13.0. The number of nitrogens with zero attached hydrogens (tertiary/aromatic N) is 1. The van der Waals surface area contributed by atoms with Crippen molar-refractivity contribution in [3.8, 4) is 0 Å². The second kappa shape index (κ2) is 5.11. The maximum absolute atomic E-state index is 13.0. The zero-order chi connectivity index (χ0) is 14.1. The minimum Gasteiger partial charge on any atom is -0.351 e. The Morgan fingerprint density at radius 2 is 2.35 bits per heavy atom. The number of halogens is 1. The first-order valence-corrected chi connectivity index (χ1v) is 6.72. The van der Waals surface area contributed by atoms with Gasteiger partial charge in [-0.3, -0.25) is 4.79 Å². The fourth-order valence-electron chi connectivity index (χ4n) is 2.91. The van der Waals surface area contributed by atoms with Crippen molar-refractivity contribution in [2.45, 2.75) is 31.5 Å². The van der Waals surface area contributed by atoms with E-state index in [0.717, 1.165) is 12.0 Å². The lowest BCUT2D eigenvalue weighted by Gasteiger charge is -2.23. The molecule has 20 heavy (non-hydrogen) atoms. The Bertz CT molecular complexity index is 549. The van der Waals surface area contributed by atoms with Crippen molar-refractivity contribution in [1.29, 1.82) is 0 Å². The number of benzene rings is 1.